The van der Waals surface area contributed by atoms with E-state index in [4.69, 9.17) is 5.11 Å². The fourth-order valence-electron chi connectivity index (χ4n) is 0.892. The topological polar surface area (TPSA) is 66.4 Å². The molecule has 88 valence electrons. The lowest BCUT2D eigenvalue weighted by molar-refractivity contribution is -0.174. The molecule has 0 aromatic carbocycles. The average molecular weight is 227 g/mol. The first kappa shape index (κ1) is 13.7. The quantitative estimate of drug-likeness (QED) is 0.757. The Morgan fingerprint density at radius 2 is 1.80 bits per heavy atom. The first-order valence-electron chi connectivity index (χ1n) is 4.24. The molecule has 0 fully saturated rings. The van der Waals surface area contributed by atoms with Gasteiger partial charge in [-0.25, -0.2) is 0 Å². The van der Waals surface area contributed by atoms with Crippen LogP contribution in [0, 0.1) is 5.92 Å². The minimum absolute atomic E-state index is 0.382. The number of carbonyl (C=O) groups excluding carboxylic acids is 1. The summed E-state index contributed by atoms with van der Waals surface area (Å²) in [5, 5.41) is 10.1. The zero-order valence-corrected chi connectivity index (χ0v) is 8.26. The third-order valence-electron chi connectivity index (χ3n) is 1.77. The van der Waals surface area contributed by atoms with Crippen LogP contribution >= 0.6 is 0 Å². The van der Waals surface area contributed by atoms with E-state index >= 15 is 0 Å². The van der Waals surface area contributed by atoms with Crippen LogP contribution in [0.1, 0.15) is 20.3 Å². The van der Waals surface area contributed by atoms with Crippen molar-refractivity contribution in [3.63, 3.8) is 0 Å². The molecule has 0 aliphatic heterocycles. The Hall–Kier alpha value is -1.27. The van der Waals surface area contributed by atoms with Crippen molar-refractivity contribution in [2.75, 3.05) is 0 Å². The van der Waals surface area contributed by atoms with Crippen molar-refractivity contribution < 1.29 is 27.9 Å². The summed E-state index contributed by atoms with van der Waals surface area (Å²) in [5.41, 5.74) is 0. The maximum absolute atomic E-state index is 11.9. The molecule has 0 saturated heterocycles. The zero-order chi connectivity index (χ0) is 12.2. The van der Waals surface area contributed by atoms with Crippen molar-refractivity contribution in [2.24, 2.45) is 5.92 Å². The molecular weight excluding hydrogens is 215 g/mol. The lowest BCUT2D eigenvalue weighted by Gasteiger charge is -2.21. The Balaban J connectivity index is 4.42. The summed E-state index contributed by atoms with van der Waals surface area (Å²) in [6.45, 7) is 3.06. The highest BCUT2D eigenvalue weighted by molar-refractivity contribution is 5.82. The third-order valence-corrected chi connectivity index (χ3v) is 1.77. The number of amides is 1. The number of hydrogen-bond donors (Lipinski definition) is 2. The first-order valence-corrected chi connectivity index (χ1v) is 4.24. The van der Waals surface area contributed by atoms with Crippen molar-refractivity contribution in [3.8, 4) is 0 Å². The van der Waals surface area contributed by atoms with E-state index in [1.54, 1.807) is 5.32 Å². The van der Waals surface area contributed by atoms with Crippen LogP contribution in [-0.4, -0.2) is 29.2 Å². The number of rotatable bonds is 4. The average Bonchev–Trinajstić information content (AvgIpc) is 1.99. The molecular formula is C8H12F3NO3. The van der Waals surface area contributed by atoms with Gasteiger partial charge in [0.15, 0.2) is 0 Å². The van der Waals surface area contributed by atoms with Crippen molar-refractivity contribution in [2.45, 2.75) is 32.5 Å². The Morgan fingerprint density at radius 3 is 2.07 bits per heavy atom. The molecule has 7 heteroatoms. The van der Waals surface area contributed by atoms with Gasteiger partial charge >= 0.3 is 18.1 Å². The summed E-state index contributed by atoms with van der Waals surface area (Å²) in [4.78, 5) is 20.8. The largest absolute Gasteiger partial charge is 0.481 e. The van der Waals surface area contributed by atoms with E-state index in [0.717, 1.165) is 0 Å². The Bertz CT molecular complexity index is 250. The first-order chi connectivity index (χ1) is 6.64. The second kappa shape index (κ2) is 4.99. The molecule has 2 N–H and O–H groups in total. The maximum Gasteiger partial charge on any atom is 0.471 e. The molecule has 0 aromatic heterocycles. The van der Waals surface area contributed by atoms with E-state index in [1.165, 1.54) is 13.8 Å². The number of aliphatic carboxylic acids is 1. The number of halogens is 3. The van der Waals surface area contributed by atoms with Gasteiger partial charge in [-0.3, -0.25) is 9.59 Å². The standard InChI is InChI=1S/C8H12F3NO3/c1-4(2)5(3-6(13)14)12-7(15)8(9,10)11/h4-5H,3H2,1-2H3,(H,12,15)(H,13,14). The molecule has 0 saturated carbocycles. The summed E-state index contributed by atoms with van der Waals surface area (Å²) < 4.78 is 35.6. The van der Waals surface area contributed by atoms with Crippen LogP contribution in [0.15, 0.2) is 0 Å². The second-order valence-electron chi connectivity index (χ2n) is 3.42. The summed E-state index contributed by atoms with van der Waals surface area (Å²) in [5.74, 6) is -3.74. The second-order valence-corrected chi connectivity index (χ2v) is 3.42. The summed E-state index contributed by atoms with van der Waals surface area (Å²) in [6, 6.07) is -1.02. The molecule has 0 heterocycles. The van der Waals surface area contributed by atoms with Gasteiger partial charge in [-0.05, 0) is 5.92 Å². The number of nitrogens with one attached hydrogen (secondary N) is 1. The van der Waals surface area contributed by atoms with E-state index in [2.05, 4.69) is 0 Å². The highest BCUT2D eigenvalue weighted by Crippen LogP contribution is 2.16. The van der Waals surface area contributed by atoms with Crippen LogP contribution < -0.4 is 5.32 Å². The Labute approximate surface area is 84.5 Å². The van der Waals surface area contributed by atoms with E-state index in [1.807, 2.05) is 0 Å². The van der Waals surface area contributed by atoms with Crippen LogP contribution in [0.4, 0.5) is 13.2 Å². The lowest BCUT2D eigenvalue weighted by Crippen LogP contribution is -2.46. The minimum atomic E-state index is -4.98. The molecule has 1 atom stereocenters. The number of hydrogen-bond acceptors (Lipinski definition) is 2. The molecule has 0 aliphatic rings. The number of alkyl halides is 3. The van der Waals surface area contributed by atoms with Gasteiger partial charge < -0.3 is 10.4 Å². The summed E-state index contributed by atoms with van der Waals surface area (Å²) in [7, 11) is 0. The van der Waals surface area contributed by atoms with Crippen molar-refractivity contribution in [3.05, 3.63) is 0 Å². The predicted octanol–water partition coefficient (Wildman–Crippen LogP) is 1.16. The molecule has 0 radical (unpaired) electrons. The molecule has 1 unspecified atom stereocenters. The van der Waals surface area contributed by atoms with E-state index < -0.39 is 30.5 Å². The van der Waals surface area contributed by atoms with Gasteiger partial charge in [0.25, 0.3) is 0 Å². The van der Waals surface area contributed by atoms with Crippen LogP contribution in [0.25, 0.3) is 0 Å². The fourth-order valence-corrected chi connectivity index (χ4v) is 0.892. The zero-order valence-electron chi connectivity index (χ0n) is 8.26. The molecule has 0 bridgehead atoms. The molecule has 15 heavy (non-hydrogen) atoms. The minimum Gasteiger partial charge on any atom is -0.481 e. The predicted molar refractivity (Wildman–Crippen MR) is 45.1 cm³/mol. The smallest absolute Gasteiger partial charge is 0.471 e. The Morgan fingerprint density at radius 1 is 1.33 bits per heavy atom. The van der Waals surface area contributed by atoms with Crippen LogP contribution in [0.3, 0.4) is 0 Å². The van der Waals surface area contributed by atoms with Crippen molar-refractivity contribution in [1.82, 2.24) is 5.32 Å². The Kier molecular flexibility index (Phi) is 4.57. The molecule has 1 amide bonds. The maximum atomic E-state index is 11.9. The van der Waals surface area contributed by atoms with Gasteiger partial charge in [-0.2, -0.15) is 13.2 Å². The molecule has 0 spiro atoms. The van der Waals surface area contributed by atoms with Gasteiger partial charge in [0.2, 0.25) is 0 Å². The molecule has 0 aromatic rings. The van der Waals surface area contributed by atoms with E-state index in [0.29, 0.717) is 0 Å². The van der Waals surface area contributed by atoms with Gasteiger partial charge in [0, 0.05) is 6.04 Å². The van der Waals surface area contributed by atoms with Gasteiger partial charge in [0.05, 0.1) is 6.42 Å². The highest BCUT2D eigenvalue weighted by atomic mass is 19.4. The highest BCUT2D eigenvalue weighted by Gasteiger charge is 2.40. The summed E-state index contributed by atoms with van der Waals surface area (Å²) in [6.07, 6.45) is -5.51. The van der Waals surface area contributed by atoms with Crippen LogP contribution in [-0.2, 0) is 9.59 Å². The monoisotopic (exact) mass is 227 g/mol. The van der Waals surface area contributed by atoms with Crippen molar-refractivity contribution in [1.29, 1.82) is 0 Å². The van der Waals surface area contributed by atoms with Gasteiger partial charge in [-0.1, -0.05) is 13.8 Å². The van der Waals surface area contributed by atoms with Gasteiger partial charge in [0.1, 0.15) is 0 Å². The normalized spacial score (nSPS) is 13.7. The lowest BCUT2D eigenvalue weighted by atomic mass is 10.0. The number of carboxylic acid groups (broad SMARTS) is 1. The van der Waals surface area contributed by atoms with Crippen molar-refractivity contribution >= 4 is 11.9 Å². The molecule has 0 aliphatic carbocycles. The van der Waals surface area contributed by atoms with E-state index in [9.17, 15) is 22.8 Å². The third kappa shape index (κ3) is 5.24. The van der Waals surface area contributed by atoms with E-state index in [-0.39, 0.29) is 5.92 Å². The van der Waals surface area contributed by atoms with Crippen LogP contribution in [0.5, 0.6) is 0 Å². The number of carbonyl (C=O) groups is 2. The van der Waals surface area contributed by atoms with Crippen LogP contribution in [0.2, 0.25) is 0 Å². The van der Waals surface area contributed by atoms with Gasteiger partial charge in [-0.15, -0.1) is 0 Å². The summed E-state index contributed by atoms with van der Waals surface area (Å²) >= 11 is 0. The number of carboxylic acids is 1. The molecule has 0 rings (SSSR count). The molecule has 4 nitrogen and oxygen atoms in total. The SMILES string of the molecule is CC(C)C(CC(=O)O)NC(=O)C(F)(F)F. The fraction of sp³-hybridized carbons (Fsp3) is 0.750.